The highest BCUT2D eigenvalue weighted by Gasteiger charge is 2.06. The Bertz CT molecular complexity index is 944. The molecule has 0 atom stereocenters. The quantitative estimate of drug-likeness (QED) is 0.487. The molecule has 27 heavy (non-hydrogen) atoms. The molecule has 0 saturated carbocycles. The van der Waals surface area contributed by atoms with E-state index in [9.17, 15) is 4.79 Å². The van der Waals surface area contributed by atoms with Crippen LogP contribution in [0.4, 0.5) is 0 Å². The number of carbonyl (C=O) groups is 1. The first-order valence-electron chi connectivity index (χ1n) is 9.28. The summed E-state index contributed by atoms with van der Waals surface area (Å²) in [6.07, 6.45) is 4.18. The lowest BCUT2D eigenvalue weighted by atomic mass is 10.2. The van der Waals surface area contributed by atoms with Gasteiger partial charge in [0.05, 0.1) is 17.6 Å². The Morgan fingerprint density at radius 3 is 2.81 bits per heavy atom. The maximum atomic E-state index is 12.1. The number of fused-ring (bicyclic) bond motifs is 1. The SMILES string of the molecule is CCOc1ccccc1/C=C/C(=O)NCCCn1c(C)nc2ccccc21. The van der Waals surface area contributed by atoms with Gasteiger partial charge in [-0.15, -0.1) is 0 Å². The average Bonchev–Trinajstić information content (AvgIpc) is 3.00. The monoisotopic (exact) mass is 363 g/mol. The van der Waals surface area contributed by atoms with Gasteiger partial charge >= 0.3 is 0 Å². The van der Waals surface area contributed by atoms with E-state index in [2.05, 4.69) is 20.9 Å². The van der Waals surface area contributed by atoms with E-state index >= 15 is 0 Å². The molecule has 0 saturated heterocycles. The minimum atomic E-state index is -0.103. The zero-order valence-corrected chi connectivity index (χ0v) is 15.8. The van der Waals surface area contributed by atoms with Gasteiger partial charge in [0.2, 0.25) is 5.91 Å². The van der Waals surface area contributed by atoms with Crippen LogP contribution >= 0.6 is 0 Å². The summed E-state index contributed by atoms with van der Waals surface area (Å²) in [5.74, 6) is 1.68. The zero-order valence-electron chi connectivity index (χ0n) is 15.8. The van der Waals surface area contributed by atoms with Crippen LogP contribution in [0.15, 0.2) is 54.6 Å². The van der Waals surface area contributed by atoms with Crippen molar-refractivity contribution in [2.45, 2.75) is 26.8 Å². The highest BCUT2D eigenvalue weighted by Crippen LogP contribution is 2.19. The second kappa shape index (κ2) is 9.03. The molecule has 0 radical (unpaired) electrons. The Morgan fingerprint density at radius 1 is 1.19 bits per heavy atom. The van der Waals surface area contributed by atoms with E-state index in [1.807, 2.05) is 56.3 Å². The van der Waals surface area contributed by atoms with Crippen LogP contribution in [0.25, 0.3) is 17.1 Å². The van der Waals surface area contributed by atoms with E-state index in [4.69, 9.17) is 4.74 Å². The van der Waals surface area contributed by atoms with E-state index in [0.717, 1.165) is 41.1 Å². The predicted molar refractivity (Wildman–Crippen MR) is 109 cm³/mol. The van der Waals surface area contributed by atoms with E-state index in [0.29, 0.717) is 13.2 Å². The Morgan fingerprint density at radius 2 is 1.96 bits per heavy atom. The molecule has 0 unspecified atom stereocenters. The largest absolute Gasteiger partial charge is 0.493 e. The summed E-state index contributed by atoms with van der Waals surface area (Å²) in [6.45, 7) is 5.99. The van der Waals surface area contributed by atoms with Gasteiger partial charge in [0.25, 0.3) is 0 Å². The van der Waals surface area contributed by atoms with Crippen LogP contribution in [0, 0.1) is 6.92 Å². The van der Waals surface area contributed by atoms with Gasteiger partial charge < -0.3 is 14.6 Å². The molecule has 3 aromatic rings. The van der Waals surface area contributed by atoms with Gasteiger partial charge in [0.15, 0.2) is 0 Å². The summed E-state index contributed by atoms with van der Waals surface area (Å²) in [7, 11) is 0. The number of ether oxygens (including phenoxy) is 1. The number of imidazole rings is 1. The molecule has 0 aliphatic heterocycles. The number of hydrogen-bond acceptors (Lipinski definition) is 3. The fourth-order valence-corrected chi connectivity index (χ4v) is 3.06. The number of carbonyl (C=O) groups excluding carboxylic acids is 1. The Balaban J connectivity index is 1.50. The van der Waals surface area contributed by atoms with Crippen LogP contribution in [-0.4, -0.2) is 28.6 Å². The molecule has 140 valence electrons. The first-order chi connectivity index (χ1) is 13.2. The van der Waals surface area contributed by atoms with Gasteiger partial charge in [0, 0.05) is 24.7 Å². The summed E-state index contributed by atoms with van der Waals surface area (Å²) in [5, 5.41) is 2.93. The third-order valence-electron chi connectivity index (χ3n) is 4.34. The number of para-hydroxylation sites is 3. The maximum absolute atomic E-state index is 12.1. The molecule has 1 N–H and O–H groups in total. The lowest BCUT2D eigenvalue weighted by Crippen LogP contribution is -2.23. The molecule has 0 fully saturated rings. The molecule has 0 aliphatic rings. The second-order valence-corrected chi connectivity index (χ2v) is 6.25. The number of amides is 1. The Labute approximate surface area is 159 Å². The minimum Gasteiger partial charge on any atom is -0.493 e. The van der Waals surface area contributed by atoms with Crippen molar-refractivity contribution in [2.24, 2.45) is 0 Å². The van der Waals surface area contributed by atoms with Crippen molar-refractivity contribution in [3.8, 4) is 5.75 Å². The lowest BCUT2D eigenvalue weighted by molar-refractivity contribution is -0.116. The van der Waals surface area contributed by atoms with Crippen LogP contribution in [0.3, 0.4) is 0 Å². The number of aryl methyl sites for hydroxylation is 2. The molecule has 1 heterocycles. The first kappa shape index (κ1) is 18.7. The van der Waals surface area contributed by atoms with Crippen molar-refractivity contribution in [3.63, 3.8) is 0 Å². The number of benzene rings is 2. The Hall–Kier alpha value is -3.08. The Kier molecular flexibility index (Phi) is 6.26. The number of nitrogens with one attached hydrogen (secondary N) is 1. The smallest absolute Gasteiger partial charge is 0.244 e. The van der Waals surface area contributed by atoms with Crippen LogP contribution < -0.4 is 10.1 Å². The van der Waals surface area contributed by atoms with Gasteiger partial charge in [0.1, 0.15) is 11.6 Å². The van der Waals surface area contributed by atoms with Gasteiger partial charge in [-0.1, -0.05) is 30.3 Å². The summed E-state index contributed by atoms with van der Waals surface area (Å²) in [5.41, 5.74) is 3.04. The van der Waals surface area contributed by atoms with Gasteiger partial charge in [-0.25, -0.2) is 4.98 Å². The maximum Gasteiger partial charge on any atom is 0.244 e. The molecule has 3 rings (SSSR count). The number of hydrogen-bond donors (Lipinski definition) is 1. The summed E-state index contributed by atoms with van der Waals surface area (Å²) in [4.78, 5) is 16.6. The fraction of sp³-hybridized carbons (Fsp3) is 0.273. The third kappa shape index (κ3) is 4.76. The van der Waals surface area contributed by atoms with Crippen molar-refractivity contribution >= 4 is 23.0 Å². The fourth-order valence-electron chi connectivity index (χ4n) is 3.06. The molecule has 0 bridgehead atoms. The second-order valence-electron chi connectivity index (χ2n) is 6.25. The molecular weight excluding hydrogens is 338 g/mol. The van der Waals surface area contributed by atoms with Gasteiger partial charge in [-0.05, 0) is 44.5 Å². The number of nitrogens with zero attached hydrogens (tertiary/aromatic N) is 2. The summed E-state index contributed by atoms with van der Waals surface area (Å²) >= 11 is 0. The van der Waals surface area contributed by atoms with Crippen molar-refractivity contribution in [2.75, 3.05) is 13.2 Å². The first-order valence-corrected chi connectivity index (χ1v) is 9.28. The standard InChI is InChI=1S/C22H25N3O2/c1-3-27-21-12-7-4-9-18(21)13-14-22(26)23-15-8-16-25-17(2)24-19-10-5-6-11-20(19)25/h4-7,9-14H,3,8,15-16H2,1-2H3,(H,23,26)/b14-13+. The van der Waals surface area contributed by atoms with Crippen molar-refractivity contribution in [1.29, 1.82) is 0 Å². The zero-order chi connectivity index (χ0) is 19.1. The van der Waals surface area contributed by atoms with Crippen molar-refractivity contribution in [3.05, 3.63) is 66.0 Å². The molecule has 1 amide bonds. The molecule has 0 aliphatic carbocycles. The van der Waals surface area contributed by atoms with Crippen LogP contribution in [-0.2, 0) is 11.3 Å². The lowest BCUT2D eigenvalue weighted by Gasteiger charge is -2.08. The molecule has 1 aromatic heterocycles. The van der Waals surface area contributed by atoms with Gasteiger partial charge in [-0.3, -0.25) is 4.79 Å². The van der Waals surface area contributed by atoms with E-state index in [1.165, 1.54) is 0 Å². The van der Waals surface area contributed by atoms with Gasteiger partial charge in [-0.2, -0.15) is 0 Å². The average molecular weight is 363 g/mol. The van der Waals surface area contributed by atoms with Crippen LogP contribution in [0.1, 0.15) is 24.7 Å². The van der Waals surface area contributed by atoms with Crippen molar-refractivity contribution in [1.82, 2.24) is 14.9 Å². The van der Waals surface area contributed by atoms with E-state index in [1.54, 1.807) is 12.2 Å². The molecule has 5 nitrogen and oxygen atoms in total. The van der Waals surface area contributed by atoms with Crippen LogP contribution in [0.2, 0.25) is 0 Å². The molecule has 5 heteroatoms. The molecule has 2 aromatic carbocycles. The number of aromatic nitrogens is 2. The predicted octanol–water partition coefficient (Wildman–Crippen LogP) is 3.96. The van der Waals surface area contributed by atoms with E-state index in [-0.39, 0.29) is 5.91 Å². The minimum absolute atomic E-state index is 0.103. The van der Waals surface area contributed by atoms with Crippen molar-refractivity contribution < 1.29 is 9.53 Å². The topological polar surface area (TPSA) is 56.1 Å². The highest BCUT2D eigenvalue weighted by molar-refractivity contribution is 5.92. The summed E-state index contributed by atoms with van der Waals surface area (Å²) < 4.78 is 7.75. The molecular formula is C22H25N3O2. The summed E-state index contributed by atoms with van der Waals surface area (Å²) in [6, 6.07) is 15.8. The molecule has 0 spiro atoms. The normalized spacial score (nSPS) is 11.2. The van der Waals surface area contributed by atoms with E-state index < -0.39 is 0 Å². The highest BCUT2D eigenvalue weighted by atomic mass is 16.5. The third-order valence-corrected chi connectivity index (χ3v) is 4.34. The van der Waals surface area contributed by atoms with Crippen LogP contribution in [0.5, 0.6) is 5.75 Å². The number of rotatable bonds is 8.